The van der Waals surface area contributed by atoms with Gasteiger partial charge in [-0.3, -0.25) is 24.5 Å². The Kier molecular flexibility index (Phi) is 3.97. The fraction of sp³-hybridized carbons (Fsp3) is 0.429. The van der Waals surface area contributed by atoms with Gasteiger partial charge in [-0.15, -0.1) is 0 Å². The first-order chi connectivity index (χ1) is 11.0. The molecule has 0 aromatic carbocycles. The Morgan fingerprint density at radius 2 is 2.30 bits per heavy atom. The minimum absolute atomic E-state index is 0.0581. The first-order valence-electron chi connectivity index (χ1n) is 7.21. The number of fused-ring (bicyclic) bond motifs is 1. The monoisotopic (exact) mass is 319 g/mol. The molecule has 0 fully saturated rings. The molecule has 0 unspecified atom stereocenters. The van der Waals surface area contributed by atoms with Crippen LogP contribution >= 0.6 is 0 Å². The molecule has 9 heteroatoms. The number of aliphatic hydroxyl groups excluding tert-OH is 1. The number of aliphatic hydroxyl groups is 1. The number of ether oxygens (including phenoxy) is 1. The molecule has 122 valence electrons. The number of nitrogens with zero attached hydrogens (tertiary/aromatic N) is 3. The van der Waals surface area contributed by atoms with Crippen LogP contribution in [0.15, 0.2) is 23.3 Å². The second kappa shape index (κ2) is 5.94. The number of carbonyl (C=O) groups excluding carboxylic acids is 1. The predicted molar refractivity (Wildman–Crippen MR) is 81.8 cm³/mol. The first-order valence-corrected chi connectivity index (χ1v) is 7.21. The van der Waals surface area contributed by atoms with E-state index in [4.69, 9.17) is 4.74 Å². The molecule has 2 aromatic rings. The molecule has 9 nitrogen and oxygen atoms in total. The van der Waals surface area contributed by atoms with E-state index < -0.39 is 17.9 Å². The van der Waals surface area contributed by atoms with Gasteiger partial charge >= 0.3 is 0 Å². The van der Waals surface area contributed by atoms with Crippen LogP contribution in [0.2, 0.25) is 0 Å². The summed E-state index contributed by atoms with van der Waals surface area (Å²) in [5.74, 6) is -0.440. The number of hydrogen-bond donors (Lipinski definition) is 3. The van der Waals surface area contributed by atoms with Crippen molar-refractivity contribution >= 4 is 23.0 Å². The Labute approximate surface area is 131 Å². The van der Waals surface area contributed by atoms with Crippen LogP contribution in [0.4, 0.5) is 5.95 Å². The van der Waals surface area contributed by atoms with Crippen molar-refractivity contribution < 1.29 is 14.6 Å². The Bertz CT molecular complexity index is 822. The van der Waals surface area contributed by atoms with E-state index in [1.165, 1.54) is 6.33 Å². The lowest BCUT2D eigenvalue weighted by atomic mass is 10.2. The minimum Gasteiger partial charge on any atom is -0.387 e. The third kappa shape index (κ3) is 3.01. The lowest BCUT2D eigenvalue weighted by molar-refractivity contribution is -0.118. The van der Waals surface area contributed by atoms with Gasteiger partial charge in [0.2, 0.25) is 11.9 Å². The summed E-state index contributed by atoms with van der Waals surface area (Å²) in [6, 6.07) is 0. The normalized spacial score (nSPS) is 21.0. The van der Waals surface area contributed by atoms with Crippen LogP contribution in [0.3, 0.4) is 0 Å². The number of anilines is 1. The average Bonchev–Trinajstić information content (AvgIpc) is 2.92. The smallest absolute Gasteiger partial charge is 0.280 e. The summed E-state index contributed by atoms with van der Waals surface area (Å²) in [6.07, 6.45) is 3.52. The Balaban J connectivity index is 2.01. The summed E-state index contributed by atoms with van der Waals surface area (Å²) in [4.78, 5) is 34.6. The molecular formula is C14H17N5O4. The van der Waals surface area contributed by atoms with Crippen LogP contribution in [0.5, 0.6) is 0 Å². The highest BCUT2D eigenvalue weighted by atomic mass is 16.5. The van der Waals surface area contributed by atoms with Gasteiger partial charge in [-0.25, -0.2) is 4.98 Å². The van der Waals surface area contributed by atoms with Crippen molar-refractivity contribution in [3.05, 3.63) is 28.8 Å². The second-order valence-corrected chi connectivity index (χ2v) is 5.56. The summed E-state index contributed by atoms with van der Waals surface area (Å²) in [7, 11) is 0. The lowest BCUT2D eigenvalue weighted by Gasteiger charge is -2.21. The molecule has 1 amide bonds. The van der Waals surface area contributed by atoms with Gasteiger partial charge in [0, 0.05) is 5.92 Å². The quantitative estimate of drug-likeness (QED) is 0.693. The average molecular weight is 319 g/mol. The Morgan fingerprint density at radius 3 is 2.96 bits per heavy atom. The topological polar surface area (TPSA) is 122 Å². The van der Waals surface area contributed by atoms with Crippen molar-refractivity contribution in [3.8, 4) is 0 Å². The zero-order chi connectivity index (χ0) is 16.6. The molecule has 3 N–H and O–H groups in total. The predicted octanol–water partition coefficient (Wildman–Crippen LogP) is 0.160. The van der Waals surface area contributed by atoms with Gasteiger partial charge < -0.3 is 9.84 Å². The van der Waals surface area contributed by atoms with E-state index in [1.54, 1.807) is 30.6 Å². The maximum atomic E-state index is 12.1. The highest BCUT2D eigenvalue weighted by Crippen LogP contribution is 2.20. The van der Waals surface area contributed by atoms with Crippen molar-refractivity contribution in [3.63, 3.8) is 0 Å². The van der Waals surface area contributed by atoms with Crippen LogP contribution < -0.4 is 10.9 Å². The van der Waals surface area contributed by atoms with E-state index in [0.717, 1.165) is 0 Å². The number of H-pyrrole nitrogens is 1. The molecule has 3 rings (SSSR count). The largest absolute Gasteiger partial charge is 0.387 e. The number of carbonyl (C=O) groups is 1. The van der Waals surface area contributed by atoms with Crippen molar-refractivity contribution in [2.24, 2.45) is 5.92 Å². The van der Waals surface area contributed by atoms with Crippen LogP contribution in [0.25, 0.3) is 11.2 Å². The molecule has 2 aromatic heterocycles. The number of amides is 1. The van der Waals surface area contributed by atoms with E-state index >= 15 is 0 Å². The molecule has 23 heavy (non-hydrogen) atoms. The van der Waals surface area contributed by atoms with Crippen molar-refractivity contribution in [2.45, 2.75) is 26.2 Å². The van der Waals surface area contributed by atoms with Gasteiger partial charge in [0.05, 0.1) is 19.0 Å². The fourth-order valence-electron chi connectivity index (χ4n) is 2.14. The van der Waals surface area contributed by atoms with E-state index in [-0.39, 0.29) is 29.9 Å². The van der Waals surface area contributed by atoms with Crippen LogP contribution in [-0.2, 0) is 9.53 Å². The molecule has 0 aliphatic carbocycles. The molecule has 0 spiro atoms. The summed E-state index contributed by atoms with van der Waals surface area (Å²) in [6.45, 7) is 3.62. The number of nitrogens with one attached hydrogen (secondary N) is 2. The maximum absolute atomic E-state index is 12.1. The molecule has 0 bridgehead atoms. The summed E-state index contributed by atoms with van der Waals surface area (Å²) in [5.41, 5.74) is -0.0119. The second-order valence-electron chi connectivity index (χ2n) is 5.56. The van der Waals surface area contributed by atoms with Crippen molar-refractivity contribution in [1.82, 2.24) is 19.5 Å². The summed E-state index contributed by atoms with van der Waals surface area (Å²) >= 11 is 0. The Morgan fingerprint density at radius 1 is 1.52 bits per heavy atom. The van der Waals surface area contributed by atoms with E-state index in [9.17, 15) is 14.7 Å². The molecule has 0 saturated heterocycles. The highest BCUT2D eigenvalue weighted by Gasteiger charge is 2.20. The van der Waals surface area contributed by atoms with Gasteiger partial charge in [-0.05, 0) is 6.08 Å². The number of aromatic nitrogens is 4. The first kappa shape index (κ1) is 15.4. The van der Waals surface area contributed by atoms with E-state index in [1.807, 2.05) is 0 Å². The number of imidazole rings is 1. The fourth-order valence-corrected chi connectivity index (χ4v) is 2.14. The Hall–Kier alpha value is -2.52. The zero-order valence-corrected chi connectivity index (χ0v) is 12.7. The summed E-state index contributed by atoms with van der Waals surface area (Å²) < 4.78 is 7.06. The van der Waals surface area contributed by atoms with Gasteiger partial charge in [0.15, 0.2) is 17.4 Å². The standard InChI is InChI=1S/C14H17N5O4/c1-7(2)12(21)17-14-16-11-10(13(22)18-14)15-6-19(11)9-4-3-8(20)5-23-9/h3-4,6-9,20H,5H2,1-2H3,(H2,16,17,18,21,22)/t8-,9+/m0/s1. The van der Waals surface area contributed by atoms with E-state index in [0.29, 0.717) is 5.65 Å². The maximum Gasteiger partial charge on any atom is 0.280 e. The van der Waals surface area contributed by atoms with Crippen LogP contribution in [0.1, 0.15) is 20.1 Å². The van der Waals surface area contributed by atoms with Crippen LogP contribution in [0, 0.1) is 5.92 Å². The number of aromatic amines is 1. The minimum atomic E-state index is -0.654. The number of hydrogen-bond acceptors (Lipinski definition) is 6. The van der Waals surface area contributed by atoms with Crippen LogP contribution in [-0.4, -0.2) is 43.2 Å². The third-order valence-corrected chi connectivity index (χ3v) is 3.41. The van der Waals surface area contributed by atoms with Gasteiger partial charge in [0.25, 0.3) is 5.56 Å². The zero-order valence-electron chi connectivity index (χ0n) is 12.7. The van der Waals surface area contributed by atoms with Crippen molar-refractivity contribution in [1.29, 1.82) is 0 Å². The van der Waals surface area contributed by atoms with Gasteiger partial charge in [0.1, 0.15) is 0 Å². The van der Waals surface area contributed by atoms with Crippen molar-refractivity contribution in [2.75, 3.05) is 11.9 Å². The molecule has 1 aliphatic rings. The molecular weight excluding hydrogens is 302 g/mol. The molecule has 3 heterocycles. The van der Waals surface area contributed by atoms with E-state index in [2.05, 4.69) is 20.3 Å². The lowest BCUT2D eigenvalue weighted by Crippen LogP contribution is -2.24. The molecule has 2 atom stereocenters. The molecule has 1 aliphatic heterocycles. The van der Waals surface area contributed by atoms with Gasteiger partial charge in [-0.1, -0.05) is 19.9 Å². The number of rotatable bonds is 3. The SMILES string of the molecule is CC(C)C(=O)Nc1nc2c(ncn2[C@H]2C=C[C@H](O)CO2)c(=O)[nH]1. The third-order valence-electron chi connectivity index (χ3n) is 3.41. The summed E-state index contributed by atoms with van der Waals surface area (Å²) in [5, 5.41) is 12.0. The molecule has 0 radical (unpaired) electrons. The molecule has 0 saturated carbocycles. The van der Waals surface area contributed by atoms with Gasteiger partial charge in [-0.2, -0.15) is 4.98 Å². The highest BCUT2D eigenvalue weighted by molar-refractivity contribution is 5.91.